The number of anilines is 1. The lowest BCUT2D eigenvalue weighted by atomic mass is 10.0. The van der Waals surface area contributed by atoms with E-state index in [0.717, 1.165) is 27.5 Å². The molecule has 0 bridgehead atoms. The minimum Gasteiger partial charge on any atom is -0.471 e. The van der Waals surface area contributed by atoms with E-state index in [2.05, 4.69) is 42.4 Å². The van der Waals surface area contributed by atoms with Crippen LogP contribution in [0, 0.1) is 25.2 Å². The molecule has 4 aromatic rings. The highest BCUT2D eigenvalue weighted by atomic mass is 16.5. The Kier molecular flexibility index (Phi) is 4.92. The predicted molar refractivity (Wildman–Crippen MR) is 115 cm³/mol. The lowest BCUT2D eigenvalue weighted by Crippen LogP contribution is -2.07. The van der Waals surface area contributed by atoms with E-state index in [-0.39, 0.29) is 11.4 Å². The molecule has 0 atom stereocenters. The summed E-state index contributed by atoms with van der Waals surface area (Å²) < 4.78 is 7.52. The number of hydrogen-bond acceptors (Lipinski definition) is 4. The van der Waals surface area contributed by atoms with Gasteiger partial charge in [0.1, 0.15) is 18.5 Å². The highest BCUT2D eigenvalue weighted by Crippen LogP contribution is 2.27. The number of aryl methyl sites for hydroxylation is 2. The maximum atomic E-state index is 9.58. The van der Waals surface area contributed by atoms with E-state index in [1.807, 2.05) is 43.3 Å². The topological polar surface area (TPSA) is 76.9 Å². The molecule has 0 aliphatic carbocycles. The van der Waals surface area contributed by atoms with Gasteiger partial charge in [-0.25, -0.2) is 4.68 Å². The molecule has 3 aromatic carbocycles. The maximum absolute atomic E-state index is 9.58. The molecule has 0 aliphatic rings. The number of rotatable bonds is 5. The number of fused-ring (bicyclic) bond motifs is 1. The number of nitrogens with zero attached hydrogens (tertiary/aromatic N) is 3. The molecule has 1 heterocycles. The second-order valence-electron chi connectivity index (χ2n) is 7.19. The number of ether oxygens (including phenoxy) is 1. The van der Waals surface area contributed by atoms with Crippen LogP contribution in [0.1, 0.15) is 27.8 Å². The van der Waals surface area contributed by atoms with Crippen LogP contribution in [0.4, 0.5) is 5.82 Å². The molecule has 0 amide bonds. The summed E-state index contributed by atoms with van der Waals surface area (Å²) in [4.78, 5) is 0. The van der Waals surface area contributed by atoms with Gasteiger partial charge in [0.25, 0.3) is 5.88 Å². The first-order valence-corrected chi connectivity index (χ1v) is 9.49. The fourth-order valence-electron chi connectivity index (χ4n) is 3.52. The Morgan fingerprint density at radius 2 is 1.83 bits per heavy atom. The van der Waals surface area contributed by atoms with Crippen LogP contribution in [0.15, 0.2) is 60.7 Å². The van der Waals surface area contributed by atoms with E-state index >= 15 is 0 Å². The lowest BCUT2D eigenvalue weighted by molar-refractivity contribution is 0.288. The molecular formula is C24H22N4O. The van der Waals surface area contributed by atoms with Crippen molar-refractivity contribution in [2.75, 3.05) is 5.73 Å². The monoisotopic (exact) mass is 382 g/mol. The molecule has 29 heavy (non-hydrogen) atoms. The van der Waals surface area contributed by atoms with Gasteiger partial charge in [-0.2, -0.15) is 5.26 Å². The lowest BCUT2D eigenvalue weighted by Gasteiger charge is -2.08. The van der Waals surface area contributed by atoms with E-state index in [0.29, 0.717) is 19.0 Å². The van der Waals surface area contributed by atoms with Gasteiger partial charge in [-0.05, 0) is 41.3 Å². The Labute approximate surface area is 170 Å². The molecule has 144 valence electrons. The van der Waals surface area contributed by atoms with E-state index in [1.54, 1.807) is 4.68 Å². The normalized spacial score (nSPS) is 10.8. The Balaban J connectivity index is 1.62. The van der Waals surface area contributed by atoms with Crippen molar-refractivity contribution in [3.8, 4) is 11.9 Å². The van der Waals surface area contributed by atoms with Crippen molar-refractivity contribution in [2.24, 2.45) is 0 Å². The van der Waals surface area contributed by atoms with Crippen LogP contribution in [0.5, 0.6) is 5.88 Å². The van der Waals surface area contributed by atoms with Gasteiger partial charge in [0.15, 0.2) is 5.56 Å². The number of aromatic nitrogens is 2. The summed E-state index contributed by atoms with van der Waals surface area (Å²) >= 11 is 0. The average Bonchev–Trinajstić information content (AvgIpc) is 3.02. The minimum absolute atomic E-state index is 0.269. The summed E-state index contributed by atoms with van der Waals surface area (Å²) in [6.07, 6.45) is 0. The number of nitrogen functional groups attached to an aromatic ring is 1. The molecule has 5 heteroatoms. The van der Waals surface area contributed by atoms with Gasteiger partial charge in [-0.15, -0.1) is 5.10 Å². The van der Waals surface area contributed by atoms with Crippen molar-refractivity contribution in [1.82, 2.24) is 9.78 Å². The third-order valence-corrected chi connectivity index (χ3v) is 5.13. The number of nitriles is 1. The zero-order chi connectivity index (χ0) is 20.4. The summed E-state index contributed by atoms with van der Waals surface area (Å²) in [5.74, 6) is 0.585. The van der Waals surface area contributed by atoms with Gasteiger partial charge in [0.05, 0.1) is 6.54 Å². The Morgan fingerprint density at radius 1 is 1.03 bits per heavy atom. The second-order valence-corrected chi connectivity index (χ2v) is 7.19. The van der Waals surface area contributed by atoms with Crippen LogP contribution in [0.2, 0.25) is 0 Å². The van der Waals surface area contributed by atoms with Crippen LogP contribution < -0.4 is 10.5 Å². The fraction of sp³-hybridized carbons (Fsp3) is 0.167. The summed E-state index contributed by atoms with van der Waals surface area (Å²) in [7, 11) is 0. The number of hydrogen-bond donors (Lipinski definition) is 1. The zero-order valence-corrected chi connectivity index (χ0v) is 16.5. The highest BCUT2D eigenvalue weighted by Gasteiger charge is 2.18. The SMILES string of the molecule is Cc1ccc(COc2nn(Cc3cccc4ccccc34)c(N)c2C#N)c(C)c1. The third-order valence-electron chi connectivity index (χ3n) is 5.13. The average molecular weight is 382 g/mol. The van der Waals surface area contributed by atoms with Gasteiger partial charge >= 0.3 is 0 Å². The fourth-order valence-corrected chi connectivity index (χ4v) is 3.52. The van der Waals surface area contributed by atoms with Crippen LogP contribution >= 0.6 is 0 Å². The van der Waals surface area contributed by atoms with Gasteiger partial charge in [0, 0.05) is 0 Å². The highest BCUT2D eigenvalue weighted by molar-refractivity contribution is 5.85. The molecule has 2 N–H and O–H groups in total. The Bertz CT molecular complexity index is 1230. The molecule has 0 radical (unpaired) electrons. The van der Waals surface area contributed by atoms with Crippen molar-refractivity contribution in [2.45, 2.75) is 27.0 Å². The van der Waals surface area contributed by atoms with Crippen LogP contribution in [-0.4, -0.2) is 9.78 Å². The summed E-state index contributed by atoms with van der Waals surface area (Å²) in [6.45, 7) is 4.91. The van der Waals surface area contributed by atoms with E-state index in [1.165, 1.54) is 5.56 Å². The summed E-state index contributed by atoms with van der Waals surface area (Å²) in [5.41, 5.74) is 11.0. The van der Waals surface area contributed by atoms with E-state index in [9.17, 15) is 5.26 Å². The standard InChI is InChI=1S/C24H22N4O/c1-16-10-11-20(17(2)12-16)15-29-24-22(13-25)23(26)28(27-24)14-19-8-5-7-18-6-3-4-9-21(18)19/h3-12H,14-15,26H2,1-2H3. The first-order valence-electron chi connectivity index (χ1n) is 9.49. The third kappa shape index (κ3) is 3.65. The molecule has 0 aliphatic heterocycles. The van der Waals surface area contributed by atoms with E-state index in [4.69, 9.17) is 10.5 Å². The molecular weight excluding hydrogens is 360 g/mol. The van der Waals surface area contributed by atoms with Crippen molar-refractivity contribution in [3.05, 3.63) is 88.5 Å². The van der Waals surface area contributed by atoms with Gasteiger partial charge in [0.2, 0.25) is 0 Å². The van der Waals surface area contributed by atoms with E-state index < -0.39 is 0 Å². The van der Waals surface area contributed by atoms with Crippen LogP contribution in [-0.2, 0) is 13.2 Å². The number of nitrogens with two attached hydrogens (primary N) is 1. The minimum atomic E-state index is 0.269. The summed E-state index contributed by atoms with van der Waals surface area (Å²) in [6, 6.07) is 22.6. The summed E-state index contributed by atoms with van der Waals surface area (Å²) in [5, 5.41) is 16.4. The van der Waals surface area contributed by atoms with Gasteiger partial charge in [-0.1, -0.05) is 66.2 Å². The molecule has 4 rings (SSSR count). The zero-order valence-electron chi connectivity index (χ0n) is 16.5. The van der Waals surface area contributed by atoms with Crippen LogP contribution in [0.25, 0.3) is 10.8 Å². The van der Waals surface area contributed by atoms with Crippen LogP contribution in [0.3, 0.4) is 0 Å². The maximum Gasteiger partial charge on any atom is 0.253 e. The first-order chi connectivity index (χ1) is 14.1. The quantitative estimate of drug-likeness (QED) is 0.541. The van der Waals surface area contributed by atoms with Crippen molar-refractivity contribution < 1.29 is 4.74 Å². The Hall–Kier alpha value is -3.78. The second kappa shape index (κ2) is 7.69. The molecule has 0 spiro atoms. The van der Waals surface area contributed by atoms with Gasteiger partial charge in [-0.3, -0.25) is 0 Å². The largest absolute Gasteiger partial charge is 0.471 e. The molecule has 0 saturated heterocycles. The van der Waals surface area contributed by atoms with Crippen molar-refractivity contribution >= 4 is 16.6 Å². The number of benzene rings is 3. The molecule has 0 saturated carbocycles. The first kappa shape index (κ1) is 18.6. The molecule has 0 fully saturated rings. The smallest absolute Gasteiger partial charge is 0.253 e. The molecule has 5 nitrogen and oxygen atoms in total. The molecule has 0 unspecified atom stereocenters. The Morgan fingerprint density at radius 3 is 2.62 bits per heavy atom. The van der Waals surface area contributed by atoms with Crippen molar-refractivity contribution in [3.63, 3.8) is 0 Å². The molecule has 1 aromatic heterocycles. The predicted octanol–water partition coefficient (Wildman–Crippen LogP) is 4.73. The van der Waals surface area contributed by atoms with Gasteiger partial charge < -0.3 is 10.5 Å². The van der Waals surface area contributed by atoms with Crippen molar-refractivity contribution in [1.29, 1.82) is 5.26 Å².